The van der Waals surface area contributed by atoms with E-state index in [9.17, 15) is 0 Å². The minimum absolute atomic E-state index is 0.898. The molecule has 0 aliphatic carbocycles. The van der Waals surface area contributed by atoms with Crippen molar-refractivity contribution in [3.8, 4) is 0 Å². The number of imidazole rings is 1. The highest BCUT2D eigenvalue weighted by molar-refractivity contribution is 5.64. The van der Waals surface area contributed by atoms with Crippen molar-refractivity contribution in [2.24, 2.45) is 0 Å². The maximum atomic E-state index is 4.51. The Morgan fingerprint density at radius 1 is 0.864 bits per heavy atom. The van der Waals surface area contributed by atoms with Gasteiger partial charge in [-0.2, -0.15) is 5.10 Å². The van der Waals surface area contributed by atoms with Crippen LogP contribution in [0.1, 0.15) is 5.69 Å². The second kappa shape index (κ2) is 5.25. The van der Waals surface area contributed by atoms with Gasteiger partial charge in [0.25, 0.3) is 0 Å². The lowest BCUT2D eigenvalue weighted by molar-refractivity contribution is 0.637. The molecule has 22 heavy (non-hydrogen) atoms. The summed E-state index contributed by atoms with van der Waals surface area (Å²) in [4.78, 5) is 13.4. The third kappa shape index (κ3) is 2.24. The second-order valence-corrected chi connectivity index (χ2v) is 5.42. The molecular weight excluding hydrogens is 278 g/mol. The predicted molar refractivity (Wildman–Crippen MR) is 84.2 cm³/mol. The average Bonchev–Trinajstić information content (AvgIpc) is 3.04. The molecule has 1 aliphatic heterocycles. The Hall–Kier alpha value is -2.70. The highest BCUT2D eigenvalue weighted by atomic mass is 15.3. The molecule has 4 rings (SSSR count). The lowest BCUT2D eigenvalue weighted by Crippen LogP contribution is -2.47. The molecule has 7 heteroatoms. The van der Waals surface area contributed by atoms with Crippen molar-refractivity contribution in [2.45, 2.75) is 6.92 Å². The molecule has 0 unspecified atom stereocenters. The van der Waals surface area contributed by atoms with E-state index in [-0.39, 0.29) is 0 Å². The van der Waals surface area contributed by atoms with Crippen LogP contribution >= 0.6 is 0 Å². The van der Waals surface area contributed by atoms with Crippen LogP contribution in [-0.2, 0) is 0 Å². The van der Waals surface area contributed by atoms with Gasteiger partial charge >= 0.3 is 0 Å². The molecule has 0 radical (unpaired) electrons. The molecule has 1 aliphatic rings. The van der Waals surface area contributed by atoms with E-state index in [0.29, 0.717) is 0 Å². The lowest BCUT2D eigenvalue weighted by Gasteiger charge is -2.35. The molecule has 7 nitrogen and oxygen atoms in total. The first-order valence-electron chi connectivity index (χ1n) is 7.39. The summed E-state index contributed by atoms with van der Waals surface area (Å²) in [5, 5.41) is 8.40. The van der Waals surface area contributed by atoms with Crippen molar-refractivity contribution in [2.75, 3.05) is 36.0 Å². The van der Waals surface area contributed by atoms with Gasteiger partial charge in [-0.1, -0.05) is 0 Å². The molecule has 0 spiro atoms. The molecular formula is C15H17N7. The summed E-state index contributed by atoms with van der Waals surface area (Å²) in [5.41, 5.74) is 1.85. The number of aromatic nitrogens is 5. The number of piperazine rings is 1. The van der Waals surface area contributed by atoms with Gasteiger partial charge in [-0.3, -0.25) is 0 Å². The summed E-state index contributed by atoms with van der Waals surface area (Å²) < 4.78 is 2.00. The zero-order valence-corrected chi connectivity index (χ0v) is 12.4. The highest BCUT2D eigenvalue weighted by Crippen LogP contribution is 2.20. The van der Waals surface area contributed by atoms with E-state index < -0.39 is 0 Å². The third-order valence-electron chi connectivity index (χ3n) is 3.98. The SMILES string of the molecule is Cc1ccc(N2CCN(c3nccn4ccnc34)CC2)nn1. The lowest BCUT2D eigenvalue weighted by atomic mass is 10.3. The maximum absolute atomic E-state index is 4.51. The zero-order chi connectivity index (χ0) is 14.9. The Bertz CT molecular complexity index is 772. The van der Waals surface area contributed by atoms with E-state index in [2.05, 4.69) is 30.0 Å². The van der Waals surface area contributed by atoms with Crippen molar-refractivity contribution in [3.05, 3.63) is 42.6 Å². The Kier molecular flexibility index (Phi) is 3.10. The quantitative estimate of drug-likeness (QED) is 0.707. The number of nitrogens with zero attached hydrogens (tertiary/aromatic N) is 7. The van der Waals surface area contributed by atoms with Gasteiger partial charge in [-0.25, -0.2) is 9.97 Å². The molecule has 3 aromatic rings. The molecule has 0 aromatic carbocycles. The molecule has 112 valence electrons. The molecule has 0 saturated carbocycles. The van der Waals surface area contributed by atoms with Crippen molar-refractivity contribution in [1.82, 2.24) is 24.6 Å². The Morgan fingerprint density at radius 2 is 1.59 bits per heavy atom. The largest absolute Gasteiger partial charge is 0.352 e. The molecule has 0 amide bonds. The molecule has 0 N–H and O–H groups in total. The van der Waals surface area contributed by atoms with Crippen molar-refractivity contribution in [1.29, 1.82) is 0 Å². The number of rotatable bonds is 2. The fraction of sp³-hybridized carbons (Fsp3) is 0.333. The topological polar surface area (TPSA) is 62.5 Å². The van der Waals surface area contributed by atoms with Crippen LogP contribution in [0.25, 0.3) is 5.65 Å². The summed E-state index contributed by atoms with van der Waals surface area (Å²) in [5.74, 6) is 1.89. The Morgan fingerprint density at radius 3 is 2.32 bits per heavy atom. The van der Waals surface area contributed by atoms with Gasteiger partial charge in [0.15, 0.2) is 17.3 Å². The van der Waals surface area contributed by atoms with E-state index in [1.807, 2.05) is 42.0 Å². The first kappa shape index (κ1) is 13.0. The molecule has 4 heterocycles. The van der Waals surface area contributed by atoms with Gasteiger partial charge in [0.05, 0.1) is 5.69 Å². The summed E-state index contributed by atoms with van der Waals surface area (Å²) >= 11 is 0. The number of anilines is 2. The third-order valence-corrected chi connectivity index (χ3v) is 3.98. The van der Waals surface area contributed by atoms with Gasteiger partial charge in [0, 0.05) is 51.0 Å². The predicted octanol–water partition coefficient (Wildman–Crippen LogP) is 1.15. The van der Waals surface area contributed by atoms with Crippen LogP contribution in [0, 0.1) is 6.92 Å². The van der Waals surface area contributed by atoms with Gasteiger partial charge in [0.2, 0.25) is 0 Å². The average molecular weight is 295 g/mol. The van der Waals surface area contributed by atoms with Crippen molar-refractivity contribution >= 4 is 17.3 Å². The van der Waals surface area contributed by atoms with Crippen LogP contribution in [0.15, 0.2) is 36.9 Å². The first-order valence-corrected chi connectivity index (χ1v) is 7.39. The van der Waals surface area contributed by atoms with Crippen LogP contribution in [0.2, 0.25) is 0 Å². The molecule has 3 aromatic heterocycles. The van der Waals surface area contributed by atoms with Gasteiger partial charge in [0.1, 0.15) is 0 Å². The van der Waals surface area contributed by atoms with Crippen LogP contribution in [0.3, 0.4) is 0 Å². The standard InChI is InChI=1S/C15H17N7/c1-12-2-3-13(19-18-12)20-8-10-22(11-9-20)15-14-16-4-6-21(14)7-5-17-15/h2-7H,8-11H2,1H3. The Labute approximate surface area is 128 Å². The number of fused-ring (bicyclic) bond motifs is 1. The number of hydrogen-bond donors (Lipinski definition) is 0. The van der Waals surface area contributed by atoms with E-state index in [1.165, 1.54) is 0 Å². The minimum Gasteiger partial charge on any atom is -0.352 e. The normalized spacial score (nSPS) is 15.5. The fourth-order valence-corrected chi connectivity index (χ4v) is 2.77. The summed E-state index contributed by atoms with van der Waals surface area (Å²) in [6.07, 6.45) is 7.49. The molecule has 1 saturated heterocycles. The van der Waals surface area contributed by atoms with E-state index in [0.717, 1.165) is 49.2 Å². The van der Waals surface area contributed by atoms with Crippen molar-refractivity contribution < 1.29 is 0 Å². The number of aryl methyl sites for hydroxylation is 1. The second-order valence-electron chi connectivity index (χ2n) is 5.42. The van der Waals surface area contributed by atoms with Gasteiger partial charge in [-0.05, 0) is 19.1 Å². The molecule has 1 fully saturated rings. The van der Waals surface area contributed by atoms with Crippen molar-refractivity contribution in [3.63, 3.8) is 0 Å². The zero-order valence-electron chi connectivity index (χ0n) is 12.4. The van der Waals surface area contributed by atoms with Crippen LogP contribution in [0.4, 0.5) is 11.6 Å². The summed E-state index contributed by atoms with van der Waals surface area (Å²) in [7, 11) is 0. The molecule has 0 bridgehead atoms. The Balaban J connectivity index is 1.52. The maximum Gasteiger partial charge on any atom is 0.180 e. The highest BCUT2D eigenvalue weighted by Gasteiger charge is 2.21. The number of hydrogen-bond acceptors (Lipinski definition) is 6. The summed E-state index contributed by atoms with van der Waals surface area (Å²) in [6, 6.07) is 4.03. The van der Waals surface area contributed by atoms with Crippen LogP contribution in [0.5, 0.6) is 0 Å². The summed E-state index contributed by atoms with van der Waals surface area (Å²) in [6.45, 7) is 5.55. The van der Waals surface area contributed by atoms with Gasteiger partial charge in [-0.15, -0.1) is 5.10 Å². The smallest absolute Gasteiger partial charge is 0.180 e. The van der Waals surface area contributed by atoms with E-state index in [4.69, 9.17) is 0 Å². The van der Waals surface area contributed by atoms with E-state index >= 15 is 0 Å². The van der Waals surface area contributed by atoms with E-state index in [1.54, 1.807) is 6.20 Å². The van der Waals surface area contributed by atoms with Gasteiger partial charge < -0.3 is 14.2 Å². The van der Waals surface area contributed by atoms with Crippen LogP contribution < -0.4 is 9.80 Å². The molecule has 0 atom stereocenters. The fourth-order valence-electron chi connectivity index (χ4n) is 2.77. The minimum atomic E-state index is 0.898. The first-order chi connectivity index (χ1) is 10.8. The van der Waals surface area contributed by atoms with Crippen LogP contribution in [-0.4, -0.2) is 50.7 Å². The monoisotopic (exact) mass is 295 g/mol.